The lowest BCUT2D eigenvalue weighted by Gasteiger charge is -2.12. The maximum atomic E-state index is 13.8. The van der Waals surface area contributed by atoms with Crippen molar-refractivity contribution in [2.75, 3.05) is 6.61 Å². The van der Waals surface area contributed by atoms with Crippen LogP contribution in [0.15, 0.2) is 51.7 Å². The van der Waals surface area contributed by atoms with Gasteiger partial charge in [0.25, 0.3) is 0 Å². The minimum absolute atomic E-state index is 0.120. The Labute approximate surface area is 158 Å². The van der Waals surface area contributed by atoms with Gasteiger partial charge in [-0.05, 0) is 24.6 Å². The van der Waals surface area contributed by atoms with Crippen LogP contribution in [0, 0.1) is 5.82 Å². The molecule has 5 nitrogen and oxygen atoms in total. The van der Waals surface area contributed by atoms with Crippen LogP contribution in [0.4, 0.5) is 4.39 Å². The van der Waals surface area contributed by atoms with Crippen molar-refractivity contribution in [3.05, 3.63) is 69.3 Å². The minimum Gasteiger partial charge on any atom is -0.465 e. The zero-order chi connectivity index (χ0) is 19.6. The van der Waals surface area contributed by atoms with Crippen LogP contribution in [0.25, 0.3) is 22.1 Å². The van der Waals surface area contributed by atoms with Gasteiger partial charge in [-0.3, -0.25) is 4.79 Å². The van der Waals surface area contributed by atoms with Gasteiger partial charge in [-0.15, -0.1) is 0 Å². The SMILES string of the molecule is CCOC(=O)C(C=O)c1ccc2c(-c3cccc(F)c3Cl)cc(=O)oc2c1. The number of hydrogen-bond donors (Lipinski definition) is 0. The molecule has 7 heteroatoms. The molecular formula is C20H14ClFO5. The third-order valence-electron chi connectivity index (χ3n) is 4.05. The topological polar surface area (TPSA) is 73.6 Å². The monoisotopic (exact) mass is 388 g/mol. The van der Waals surface area contributed by atoms with Crippen LogP contribution < -0.4 is 5.63 Å². The molecule has 2 aromatic carbocycles. The molecule has 0 amide bonds. The molecule has 1 atom stereocenters. The maximum Gasteiger partial charge on any atom is 0.336 e. The fraction of sp³-hybridized carbons (Fsp3) is 0.150. The van der Waals surface area contributed by atoms with Crippen LogP contribution in [0.3, 0.4) is 0 Å². The van der Waals surface area contributed by atoms with E-state index >= 15 is 0 Å². The second-order valence-corrected chi connectivity index (χ2v) is 6.08. The third kappa shape index (κ3) is 3.61. The lowest BCUT2D eigenvalue weighted by atomic mass is 9.96. The highest BCUT2D eigenvalue weighted by Gasteiger charge is 2.22. The molecule has 0 aliphatic carbocycles. The Balaban J connectivity index is 2.20. The Hall–Kier alpha value is -2.99. The zero-order valence-corrected chi connectivity index (χ0v) is 15.0. The standard InChI is InChI=1S/C20H14ClFO5/c1-2-26-20(25)15(10-23)11-6-7-12-14(9-18(24)27-17(12)8-11)13-4-3-5-16(22)19(13)21/h3-10,15H,2H2,1H3. The van der Waals surface area contributed by atoms with Gasteiger partial charge in [-0.25, -0.2) is 9.18 Å². The molecule has 3 aromatic rings. The fourth-order valence-electron chi connectivity index (χ4n) is 2.81. The van der Waals surface area contributed by atoms with Crippen LogP contribution in [0.2, 0.25) is 5.02 Å². The molecule has 0 bridgehead atoms. The highest BCUT2D eigenvalue weighted by atomic mass is 35.5. The van der Waals surface area contributed by atoms with Crippen molar-refractivity contribution >= 4 is 34.8 Å². The van der Waals surface area contributed by atoms with Gasteiger partial charge >= 0.3 is 11.6 Å². The van der Waals surface area contributed by atoms with E-state index in [-0.39, 0.29) is 17.2 Å². The second-order valence-electron chi connectivity index (χ2n) is 5.70. The first kappa shape index (κ1) is 18.8. The predicted molar refractivity (Wildman–Crippen MR) is 98.3 cm³/mol. The highest BCUT2D eigenvalue weighted by Crippen LogP contribution is 2.34. The van der Waals surface area contributed by atoms with Gasteiger partial charge < -0.3 is 13.9 Å². The second kappa shape index (κ2) is 7.72. The number of esters is 1. The zero-order valence-electron chi connectivity index (χ0n) is 14.2. The lowest BCUT2D eigenvalue weighted by Crippen LogP contribution is -2.17. The van der Waals surface area contributed by atoms with E-state index in [1.165, 1.54) is 24.3 Å². The lowest BCUT2D eigenvalue weighted by molar-refractivity contribution is -0.146. The van der Waals surface area contributed by atoms with E-state index in [4.69, 9.17) is 20.8 Å². The molecule has 1 heterocycles. The summed E-state index contributed by atoms with van der Waals surface area (Å²) < 4.78 is 23.9. The molecule has 0 spiro atoms. The van der Waals surface area contributed by atoms with Crippen LogP contribution >= 0.6 is 11.6 Å². The molecule has 1 unspecified atom stereocenters. The third-order valence-corrected chi connectivity index (χ3v) is 4.43. The van der Waals surface area contributed by atoms with Gasteiger partial charge in [0.2, 0.25) is 0 Å². The molecular weight excluding hydrogens is 375 g/mol. The summed E-state index contributed by atoms with van der Waals surface area (Å²) >= 11 is 6.05. The number of aldehydes is 1. The number of benzene rings is 2. The average Bonchev–Trinajstić information content (AvgIpc) is 2.64. The molecule has 138 valence electrons. The maximum absolute atomic E-state index is 13.8. The van der Waals surface area contributed by atoms with Gasteiger partial charge in [0.15, 0.2) is 0 Å². The van der Waals surface area contributed by atoms with E-state index in [2.05, 4.69) is 0 Å². The number of carbonyl (C=O) groups is 2. The van der Waals surface area contributed by atoms with E-state index in [0.717, 1.165) is 0 Å². The molecule has 27 heavy (non-hydrogen) atoms. The van der Waals surface area contributed by atoms with Crippen molar-refractivity contribution in [2.45, 2.75) is 12.8 Å². The summed E-state index contributed by atoms with van der Waals surface area (Å²) in [5.74, 6) is -2.45. The molecule has 0 radical (unpaired) electrons. The molecule has 1 aromatic heterocycles. The summed E-state index contributed by atoms with van der Waals surface area (Å²) in [6.07, 6.45) is 0.463. The van der Waals surface area contributed by atoms with Crippen LogP contribution in [-0.2, 0) is 14.3 Å². The molecule has 0 aliphatic heterocycles. The number of hydrogen-bond acceptors (Lipinski definition) is 5. The molecule has 0 aliphatic rings. The predicted octanol–water partition coefficient (Wildman–Crippen LogP) is 4.10. The Kier molecular flexibility index (Phi) is 5.37. The van der Waals surface area contributed by atoms with Crippen LogP contribution in [-0.4, -0.2) is 18.9 Å². The van der Waals surface area contributed by atoms with E-state index in [1.54, 1.807) is 25.1 Å². The Morgan fingerprint density at radius 1 is 1.26 bits per heavy atom. The van der Waals surface area contributed by atoms with Gasteiger partial charge in [-0.2, -0.15) is 0 Å². The average molecular weight is 389 g/mol. The van der Waals surface area contributed by atoms with Crippen LogP contribution in [0.1, 0.15) is 18.4 Å². The highest BCUT2D eigenvalue weighted by molar-refractivity contribution is 6.33. The molecule has 0 N–H and O–H groups in total. The van der Waals surface area contributed by atoms with Gasteiger partial charge in [-0.1, -0.05) is 35.9 Å². The van der Waals surface area contributed by atoms with E-state index in [0.29, 0.717) is 28.4 Å². The summed E-state index contributed by atoms with van der Waals surface area (Å²) in [5, 5.41) is 0.366. The number of carbonyl (C=O) groups excluding carboxylic acids is 2. The summed E-state index contributed by atoms with van der Waals surface area (Å²) in [6.45, 7) is 1.77. The Morgan fingerprint density at radius 2 is 2.04 bits per heavy atom. The Bertz CT molecular complexity index is 1090. The largest absolute Gasteiger partial charge is 0.465 e. The van der Waals surface area contributed by atoms with E-state index in [9.17, 15) is 18.8 Å². The minimum atomic E-state index is -1.14. The number of rotatable bonds is 5. The molecule has 0 fully saturated rings. The smallest absolute Gasteiger partial charge is 0.336 e. The van der Waals surface area contributed by atoms with Crippen LogP contribution in [0.5, 0.6) is 0 Å². The number of halogens is 2. The summed E-state index contributed by atoms with van der Waals surface area (Å²) in [7, 11) is 0. The first-order valence-corrected chi connectivity index (χ1v) is 8.48. The van der Waals surface area contributed by atoms with E-state index in [1.807, 2.05) is 0 Å². The summed E-state index contributed by atoms with van der Waals surface area (Å²) in [6, 6.07) is 10.0. The van der Waals surface area contributed by atoms with Gasteiger partial charge in [0.1, 0.15) is 23.6 Å². The summed E-state index contributed by atoms with van der Waals surface area (Å²) in [4.78, 5) is 35.3. The Morgan fingerprint density at radius 3 is 2.74 bits per heavy atom. The quantitative estimate of drug-likeness (QED) is 0.285. The van der Waals surface area contributed by atoms with Crippen molar-refractivity contribution in [1.29, 1.82) is 0 Å². The van der Waals surface area contributed by atoms with Gasteiger partial charge in [0.05, 0.1) is 11.6 Å². The van der Waals surface area contributed by atoms with Crippen molar-refractivity contribution in [3.63, 3.8) is 0 Å². The first-order chi connectivity index (χ1) is 13.0. The van der Waals surface area contributed by atoms with Gasteiger partial charge in [0, 0.05) is 22.6 Å². The normalized spacial score (nSPS) is 12.0. The fourth-order valence-corrected chi connectivity index (χ4v) is 3.04. The van der Waals surface area contributed by atoms with Crippen molar-refractivity contribution < 1.29 is 23.1 Å². The van der Waals surface area contributed by atoms with E-state index < -0.39 is 23.3 Å². The number of ether oxygens (including phenoxy) is 1. The van der Waals surface area contributed by atoms with Crippen molar-refractivity contribution in [2.24, 2.45) is 0 Å². The molecule has 3 rings (SSSR count). The first-order valence-electron chi connectivity index (χ1n) is 8.10. The number of fused-ring (bicyclic) bond motifs is 1. The molecule has 0 saturated carbocycles. The van der Waals surface area contributed by atoms with Crippen molar-refractivity contribution in [1.82, 2.24) is 0 Å². The summed E-state index contributed by atoms with van der Waals surface area (Å²) in [5.41, 5.74) is 0.512. The molecule has 0 saturated heterocycles. The van der Waals surface area contributed by atoms with Crippen molar-refractivity contribution in [3.8, 4) is 11.1 Å².